The monoisotopic (exact) mass is 351 g/mol. The van der Waals surface area contributed by atoms with Gasteiger partial charge in [0.25, 0.3) is 10.0 Å². The Morgan fingerprint density at radius 2 is 1.67 bits per heavy atom. The molecule has 0 saturated heterocycles. The highest BCUT2D eigenvalue weighted by Crippen LogP contribution is 2.12. The first-order valence-corrected chi connectivity index (χ1v) is 9.17. The van der Waals surface area contributed by atoms with Gasteiger partial charge in [-0.1, -0.05) is 38.5 Å². The molecule has 0 bridgehead atoms. The van der Waals surface area contributed by atoms with E-state index in [1.165, 1.54) is 16.7 Å². The van der Waals surface area contributed by atoms with Crippen molar-refractivity contribution in [2.75, 3.05) is 0 Å². The summed E-state index contributed by atoms with van der Waals surface area (Å²) in [4.78, 5) is 24.6. The van der Waals surface area contributed by atoms with Gasteiger partial charge in [0, 0.05) is 13.0 Å². The Hall–Kier alpha value is -2.22. The molecule has 1 heterocycles. The lowest BCUT2D eigenvalue weighted by Gasteiger charge is -2.14. The van der Waals surface area contributed by atoms with Crippen molar-refractivity contribution < 1.29 is 8.42 Å². The molecule has 2 aromatic rings. The van der Waals surface area contributed by atoms with Crippen LogP contribution in [0.15, 0.2) is 38.8 Å². The number of hydrogen-bond acceptors (Lipinski definition) is 5. The Bertz CT molecular complexity index is 954. The second-order valence-corrected chi connectivity index (χ2v) is 7.81. The van der Waals surface area contributed by atoms with Crippen LogP contribution in [0.25, 0.3) is 0 Å². The van der Waals surface area contributed by atoms with Gasteiger partial charge in [-0.25, -0.2) is 0 Å². The van der Waals surface area contributed by atoms with Crippen LogP contribution in [0.3, 0.4) is 0 Å². The van der Waals surface area contributed by atoms with Gasteiger partial charge in [-0.05, 0) is 25.0 Å². The SMILES string of the molecule is CCc1nn(S(=O)(=O)c2ccc(C)cc2)c(=O)c(=O)n1CC(C)C. The number of benzene rings is 1. The van der Waals surface area contributed by atoms with Crippen LogP contribution < -0.4 is 11.1 Å². The highest BCUT2D eigenvalue weighted by Gasteiger charge is 2.24. The fraction of sp³-hybridized carbons (Fsp3) is 0.438. The summed E-state index contributed by atoms with van der Waals surface area (Å²) in [7, 11) is -4.21. The Morgan fingerprint density at radius 1 is 1.08 bits per heavy atom. The molecule has 1 aromatic carbocycles. The smallest absolute Gasteiger partial charge is 0.290 e. The van der Waals surface area contributed by atoms with Crippen molar-refractivity contribution in [1.82, 2.24) is 13.8 Å². The van der Waals surface area contributed by atoms with Gasteiger partial charge in [0.2, 0.25) is 0 Å². The summed E-state index contributed by atoms with van der Waals surface area (Å²) in [6, 6.07) is 6.03. The van der Waals surface area contributed by atoms with E-state index < -0.39 is 21.1 Å². The maximum atomic E-state index is 12.7. The summed E-state index contributed by atoms with van der Waals surface area (Å²) in [5.74, 6) is 0.391. The summed E-state index contributed by atoms with van der Waals surface area (Å²) in [6.45, 7) is 7.70. The molecule has 0 aliphatic heterocycles. The Balaban J connectivity index is 2.71. The standard InChI is InChI=1S/C16H21N3O4S/c1-5-14-17-19(16(21)15(20)18(14)10-11(2)3)24(22,23)13-8-6-12(4)7-9-13/h6-9,11H,5,10H2,1-4H3. The topological polar surface area (TPSA) is 91.0 Å². The van der Waals surface area contributed by atoms with E-state index in [0.29, 0.717) is 17.1 Å². The van der Waals surface area contributed by atoms with E-state index >= 15 is 0 Å². The van der Waals surface area contributed by atoms with Crippen LogP contribution in [0.2, 0.25) is 0 Å². The van der Waals surface area contributed by atoms with Gasteiger partial charge in [-0.15, -0.1) is 9.19 Å². The third kappa shape index (κ3) is 3.33. The quantitative estimate of drug-likeness (QED) is 0.754. The molecule has 2 rings (SSSR count). The molecule has 0 unspecified atom stereocenters. The Labute approximate surface area is 140 Å². The average Bonchev–Trinajstić information content (AvgIpc) is 2.52. The molecule has 0 radical (unpaired) electrons. The van der Waals surface area contributed by atoms with E-state index in [9.17, 15) is 18.0 Å². The summed E-state index contributed by atoms with van der Waals surface area (Å²) < 4.78 is 26.9. The van der Waals surface area contributed by atoms with Gasteiger partial charge in [0.05, 0.1) is 4.90 Å². The second kappa shape index (κ2) is 6.72. The average molecular weight is 351 g/mol. The molecule has 24 heavy (non-hydrogen) atoms. The van der Waals surface area contributed by atoms with Crippen LogP contribution in [0.5, 0.6) is 0 Å². The minimum absolute atomic E-state index is 0.0780. The molecule has 0 atom stereocenters. The van der Waals surface area contributed by atoms with Gasteiger partial charge in [-0.2, -0.15) is 8.42 Å². The van der Waals surface area contributed by atoms with Crippen LogP contribution >= 0.6 is 0 Å². The summed E-state index contributed by atoms with van der Waals surface area (Å²) in [6.07, 6.45) is 0.339. The van der Waals surface area contributed by atoms with Crippen LogP contribution in [-0.4, -0.2) is 22.2 Å². The first-order chi connectivity index (χ1) is 11.2. The second-order valence-electron chi connectivity index (χ2n) is 6.05. The zero-order valence-corrected chi connectivity index (χ0v) is 15.0. The number of aromatic nitrogens is 3. The van der Waals surface area contributed by atoms with E-state index in [-0.39, 0.29) is 16.6 Å². The van der Waals surface area contributed by atoms with E-state index in [0.717, 1.165) is 5.56 Å². The van der Waals surface area contributed by atoms with Gasteiger partial charge in [0.15, 0.2) is 0 Å². The van der Waals surface area contributed by atoms with Crippen molar-refractivity contribution in [2.24, 2.45) is 5.92 Å². The summed E-state index contributed by atoms with van der Waals surface area (Å²) in [5, 5.41) is 3.95. The fourth-order valence-corrected chi connectivity index (χ4v) is 3.48. The molecule has 0 spiro atoms. The number of rotatable bonds is 5. The number of hydrogen-bond donors (Lipinski definition) is 0. The minimum atomic E-state index is -4.21. The maximum Gasteiger partial charge on any atom is 0.347 e. The molecule has 0 aliphatic rings. The van der Waals surface area contributed by atoms with Gasteiger partial charge < -0.3 is 0 Å². The molecule has 7 nitrogen and oxygen atoms in total. The molecule has 0 aliphatic carbocycles. The molecule has 1 aromatic heterocycles. The van der Waals surface area contributed by atoms with Crippen molar-refractivity contribution >= 4 is 10.0 Å². The predicted molar refractivity (Wildman–Crippen MR) is 90.7 cm³/mol. The van der Waals surface area contributed by atoms with Crippen LogP contribution in [0.1, 0.15) is 32.2 Å². The van der Waals surface area contributed by atoms with Crippen LogP contribution in [0.4, 0.5) is 0 Å². The van der Waals surface area contributed by atoms with Crippen molar-refractivity contribution in [3.05, 3.63) is 56.4 Å². The zero-order chi connectivity index (χ0) is 18.1. The van der Waals surface area contributed by atoms with E-state index in [4.69, 9.17) is 0 Å². The fourth-order valence-electron chi connectivity index (χ4n) is 2.31. The predicted octanol–water partition coefficient (Wildman–Crippen LogP) is 1.17. The Kier molecular flexibility index (Phi) is 5.08. The molecule has 0 amide bonds. The van der Waals surface area contributed by atoms with Crippen LogP contribution in [-0.2, 0) is 23.0 Å². The van der Waals surface area contributed by atoms with Crippen LogP contribution in [0, 0.1) is 12.8 Å². The van der Waals surface area contributed by atoms with Crippen molar-refractivity contribution in [2.45, 2.75) is 45.6 Å². The lowest BCUT2D eigenvalue weighted by molar-refractivity contribution is 0.469. The number of nitrogens with zero attached hydrogens (tertiary/aromatic N) is 3. The Morgan fingerprint density at radius 3 is 2.17 bits per heavy atom. The van der Waals surface area contributed by atoms with Gasteiger partial charge in [0.1, 0.15) is 5.82 Å². The lowest BCUT2D eigenvalue weighted by atomic mass is 10.2. The lowest BCUT2D eigenvalue weighted by Crippen LogP contribution is -2.47. The maximum absolute atomic E-state index is 12.7. The first kappa shape index (κ1) is 18.1. The summed E-state index contributed by atoms with van der Waals surface area (Å²) in [5.41, 5.74) is -1.14. The zero-order valence-electron chi connectivity index (χ0n) is 14.2. The largest absolute Gasteiger partial charge is 0.347 e. The minimum Gasteiger partial charge on any atom is -0.290 e. The normalized spacial score (nSPS) is 11.9. The van der Waals surface area contributed by atoms with Crippen molar-refractivity contribution in [3.8, 4) is 0 Å². The third-order valence-corrected chi connectivity index (χ3v) is 5.10. The molecular weight excluding hydrogens is 330 g/mol. The van der Waals surface area contributed by atoms with Gasteiger partial charge in [-0.3, -0.25) is 14.2 Å². The molecule has 0 fully saturated rings. The van der Waals surface area contributed by atoms with E-state index in [1.54, 1.807) is 19.1 Å². The third-order valence-electron chi connectivity index (χ3n) is 3.53. The van der Waals surface area contributed by atoms with Gasteiger partial charge >= 0.3 is 11.1 Å². The van der Waals surface area contributed by atoms with E-state index in [1.807, 2.05) is 20.8 Å². The highest BCUT2D eigenvalue weighted by molar-refractivity contribution is 7.89. The molecule has 0 saturated carbocycles. The molecule has 0 N–H and O–H groups in total. The van der Waals surface area contributed by atoms with E-state index in [2.05, 4.69) is 5.10 Å². The molecule has 130 valence electrons. The van der Waals surface area contributed by atoms with Crippen molar-refractivity contribution in [1.29, 1.82) is 0 Å². The number of aryl methyl sites for hydroxylation is 2. The van der Waals surface area contributed by atoms with Crippen molar-refractivity contribution in [3.63, 3.8) is 0 Å². The molecule has 8 heteroatoms. The first-order valence-electron chi connectivity index (χ1n) is 7.73. The highest BCUT2D eigenvalue weighted by atomic mass is 32.2. The molecular formula is C16H21N3O4S. The summed E-state index contributed by atoms with van der Waals surface area (Å²) >= 11 is 0.